The van der Waals surface area contributed by atoms with Crippen molar-refractivity contribution >= 4 is 24.4 Å². The average Bonchev–Trinajstić information content (AvgIpc) is 3.16. The zero-order valence-electron chi connectivity index (χ0n) is 31.0. The first kappa shape index (κ1) is 37.1. The van der Waals surface area contributed by atoms with Crippen molar-refractivity contribution in [2.45, 2.75) is 45.2 Å². The molecule has 2 aliphatic rings. The summed E-state index contributed by atoms with van der Waals surface area (Å²) in [7, 11) is 1.58. The predicted molar refractivity (Wildman–Crippen MR) is 215 cm³/mol. The molecule has 12 nitrogen and oxygen atoms in total. The van der Waals surface area contributed by atoms with Crippen LogP contribution in [0.5, 0.6) is 17.5 Å². The number of aromatic hydroxyl groups is 1. The SMILES string of the molecule is COc1ccc(C(c2c([O-])n(-c3ccccc3C)c(=S)[nH]c2=O)c2c(O)n(-c3ccccc3C)c(=S)[nH]c2=O)cc1C[NH+]1CC2CC(C1)c1cccc(=O)n1C2. The van der Waals surface area contributed by atoms with Crippen LogP contribution in [0.25, 0.3) is 11.4 Å². The highest BCUT2D eigenvalue weighted by Gasteiger charge is 2.38. The van der Waals surface area contributed by atoms with E-state index in [-0.39, 0.29) is 32.1 Å². The van der Waals surface area contributed by atoms with Gasteiger partial charge in [-0.15, -0.1) is 0 Å². The third-order valence-corrected chi connectivity index (χ3v) is 11.8. The first-order chi connectivity index (χ1) is 26.9. The molecule has 56 heavy (non-hydrogen) atoms. The quantitative estimate of drug-likeness (QED) is 0.169. The maximum Gasteiger partial charge on any atom is 0.259 e. The number of nitrogens with one attached hydrogen (secondary N) is 3. The molecule has 14 heteroatoms. The molecule has 1 fully saturated rings. The van der Waals surface area contributed by atoms with Crippen molar-refractivity contribution in [1.82, 2.24) is 23.7 Å². The topological polar surface area (TPSA) is 155 Å². The van der Waals surface area contributed by atoms with Gasteiger partial charge in [0.2, 0.25) is 5.88 Å². The standard InChI is InChI=1S/C42H40N6O6S2/c1-23-9-4-6-11-29(23)47-39(52)35(37(50)43-41(47)55)34(36-38(51)44-42(56)48(40(36)53)30-12-7-5-10-24(30)2)26-15-16-32(54-3)28(18-26)22-45-19-25-17-27(21-45)31-13-8-14-33(49)46(31)20-25/h4-16,18,25,27,34,52-53H,17,19-22H2,1-3H3,(H,43,50,55)(H,44,51,56). The van der Waals surface area contributed by atoms with Crippen LogP contribution in [0.2, 0.25) is 0 Å². The number of hydrogen-bond acceptors (Lipinski definition) is 8. The summed E-state index contributed by atoms with van der Waals surface area (Å²) in [5.74, 6) is -1.53. The predicted octanol–water partition coefficient (Wildman–Crippen LogP) is 4.05. The number of aromatic amines is 2. The summed E-state index contributed by atoms with van der Waals surface area (Å²) < 4.78 is 10.2. The summed E-state index contributed by atoms with van der Waals surface area (Å²) in [5, 5.41) is 27.0. The molecule has 1 saturated heterocycles. The average molecular weight is 789 g/mol. The lowest BCUT2D eigenvalue weighted by molar-refractivity contribution is -0.924. The van der Waals surface area contributed by atoms with Crippen LogP contribution in [-0.2, 0) is 13.1 Å². The smallest absolute Gasteiger partial charge is 0.259 e. The molecule has 5 heterocycles. The van der Waals surface area contributed by atoms with E-state index >= 15 is 0 Å². The number of methoxy groups -OCH3 is 1. The lowest BCUT2D eigenvalue weighted by Crippen LogP contribution is -3.13. The first-order valence-electron chi connectivity index (χ1n) is 18.4. The maximum atomic E-state index is 14.8. The van der Waals surface area contributed by atoms with Crippen LogP contribution in [0.3, 0.4) is 0 Å². The van der Waals surface area contributed by atoms with Gasteiger partial charge in [0, 0.05) is 47.0 Å². The fourth-order valence-electron chi connectivity index (χ4n) is 8.78. The van der Waals surface area contributed by atoms with Crippen molar-refractivity contribution < 1.29 is 19.8 Å². The summed E-state index contributed by atoms with van der Waals surface area (Å²) in [5.41, 5.74) is 2.62. The number of pyridine rings is 1. The molecule has 0 spiro atoms. The molecule has 8 rings (SSSR count). The van der Waals surface area contributed by atoms with E-state index in [4.69, 9.17) is 29.2 Å². The minimum Gasteiger partial charge on any atom is -0.859 e. The molecule has 286 valence electrons. The Morgan fingerprint density at radius 1 is 0.857 bits per heavy atom. The number of ether oxygens (including phenoxy) is 1. The van der Waals surface area contributed by atoms with Crippen LogP contribution in [0.4, 0.5) is 0 Å². The van der Waals surface area contributed by atoms with Gasteiger partial charge in [0.05, 0.1) is 37.4 Å². The third kappa shape index (κ3) is 6.42. The van der Waals surface area contributed by atoms with Crippen LogP contribution in [0.15, 0.2) is 99.3 Å². The van der Waals surface area contributed by atoms with E-state index in [0.29, 0.717) is 41.7 Å². The molecule has 3 aromatic heterocycles. The minimum absolute atomic E-state index is 0.0210. The Hall–Kier alpha value is -5.83. The van der Waals surface area contributed by atoms with Crippen molar-refractivity contribution in [3.63, 3.8) is 0 Å². The van der Waals surface area contributed by atoms with Crippen LogP contribution in [0.1, 0.15) is 57.3 Å². The first-order valence-corrected chi connectivity index (χ1v) is 19.2. The lowest BCUT2D eigenvalue weighted by atomic mass is 9.82. The molecule has 0 aliphatic carbocycles. The number of piperidine rings is 1. The molecule has 2 bridgehead atoms. The van der Waals surface area contributed by atoms with E-state index in [1.165, 1.54) is 14.0 Å². The maximum absolute atomic E-state index is 14.8. The number of rotatable bonds is 8. The molecular weight excluding hydrogens is 749 g/mol. The molecular formula is C42H40N6O6S2. The van der Waals surface area contributed by atoms with Gasteiger partial charge >= 0.3 is 0 Å². The van der Waals surface area contributed by atoms with Crippen molar-refractivity contribution in [3.8, 4) is 28.9 Å². The van der Waals surface area contributed by atoms with Gasteiger partial charge in [0.1, 0.15) is 12.3 Å². The van der Waals surface area contributed by atoms with Crippen LogP contribution in [-0.4, -0.2) is 49.0 Å². The number of benzene rings is 3. The van der Waals surface area contributed by atoms with Gasteiger partial charge in [-0.25, -0.2) is 0 Å². The van der Waals surface area contributed by atoms with E-state index in [1.807, 2.05) is 60.9 Å². The number of para-hydroxylation sites is 2. The van der Waals surface area contributed by atoms with Gasteiger partial charge in [-0.05, 0) is 97.6 Å². The normalized spacial score (nSPS) is 17.9. The summed E-state index contributed by atoms with van der Waals surface area (Å²) in [6.45, 7) is 6.47. The molecule has 3 aromatic carbocycles. The second-order valence-electron chi connectivity index (χ2n) is 14.8. The van der Waals surface area contributed by atoms with Crippen molar-refractivity contribution in [2.75, 3.05) is 20.2 Å². The van der Waals surface area contributed by atoms with E-state index < -0.39 is 28.8 Å². The van der Waals surface area contributed by atoms with Crippen LogP contribution in [0, 0.1) is 29.3 Å². The van der Waals surface area contributed by atoms with Crippen LogP contribution < -0.4 is 31.4 Å². The number of fused-ring (bicyclic) bond motifs is 4. The number of quaternary nitrogens is 1. The number of aromatic nitrogens is 5. The minimum atomic E-state index is -1.38. The van der Waals surface area contributed by atoms with E-state index in [9.17, 15) is 24.6 Å². The van der Waals surface area contributed by atoms with Gasteiger partial charge in [0.25, 0.3) is 16.7 Å². The van der Waals surface area contributed by atoms with E-state index in [0.717, 1.165) is 41.9 Å². The Bertz CT molecular complexity index is 2710. The van der Waals surface area contributed by atoms with E-state index in [1.54, 1.807) is 49.6 Å². The Kier molecular flexibility index (Phi) is 9.73. The molecule has 6 aromatic rings. The zero-order valence-corrected chi connectivity index (χ0v) is 32.6. The highest BCUT2D eigenvalue weighted by atomic mass is 32.1. The van der Waals surface area contributed by atoms with Gasteiger partial charge in [-0.3, -0.25) is 28.9 Å². The van der Waals surface area contributed by atoms with E-state index in [2.05, 4.69) is 9.97 Å². The summed E-state index contributed by atoms with van der Waals surface area (Å²) in [6, 6.07) is 25.1. The fourth-order valence-corrected chi connectivity index (χ4v) is 9.33. The number of likely N-dealkylation sites (tertiary alicyclic amines) is 1. The Labute approximate surface area is 331 Å². The summed E-state index contributed by atoms with van der Waals surface area (Å²) >= 11 is 11.1. The molecule has 4 unspecified atom stereocenters. The highest BCUT2D eigenvalue weighted by Crippen LogP contribution is 2.39. The number of aryl methyl sites for hydroxylation is 2. The number of hydrogen-bond donors (Lipinski definition) is 4. The van der Waals surface area contributed by atoms with Crippen LogP contribution >= 0.6 is 24.4 Å². The van der Waals surface area contributed by atoms with Crippen molar-refractivity contribution in [1.29, 1.82) is 0 Å². The zero-order chi connectivity index (χ0) is 39.4. The molecule has 4 N–H and O–H groups in total. The van der Waals surface area contributed by atoms with Gasteiger partial charge in [0.15, 0.2) is 9.54 Å². The van der Waals surface area contributed by atoms with Crippen molar-refractivity contribution in [2.24, 2.45) is 5.92 Å². The molecule has 4 atom stereocenters. The number of H-pyrrole nitrogens is 2. The van der Waals surface area contributed by atoms with Gasteiger partial charge < -0.3 is 29.0 Å². The van der Waals surface area contributed by atoms with Gasteiger partial charge in [-0.1, -0.05) is 48.5 Å². The summed E-state index contributed by atoms with van der Waals surface area (Å²) in [6.07, 6.45) is 1.00. The monoisotopic (exact) mass is 788 g/mol. The Morgan fingerprint density at radius 3 is 2.18 bits per heavy atom. The lowest BCUT2D eigenvalue weighted by Gasteiger charge is -2.40. The Morgan fingerprint density at radius 2 is 1.50 bits per heavy atom. The molecule has 0 amide bonds. The number of nitrogens with zero attached hydrogens (tertiary/aromatic N) is 3. The Balaban J connectivity index is 1.33. The second kappa shape index (κ2) is 14.7. The fraction of sp³-hybridized carbons (Fsp3) is 0.262. The largest absolute Gasteiger partial charge is 0.859 e. The molecule has 2 aliphatic heterocycles. The van der Waals surface area contributed by atoms with Gasteiger partial charge in [-0.2, -0.15) is 0 Å². The molecule has 0 radical (unpaired) electrons. The second-order valence-corrected chi connectivity index (χ2v) is 15.5. The van der Waals surface area contributed by atoms with Crippen molar-refractivity contribution in [3.05, 3.63) is 165 Å². The molecule has 0 saturated carbocycles. The summed E-state index contributed by atoms with van der Waals surface area (Å²) in [4.78, 5) is 47.7. The third-order valence-electron chi connectivity index (χ3n) is 11.3. The highest BCUT2D eigenvalue weighted by molar-refractivity contribution is 7.71.